The standard InChI is InChI=1S/C19H19F3N4O3/c1-4-26-16-6-5-13(8-15(16)23-24-26)18(28)29-9-17(27)14-7-11(2)25(12(14)3)10-19(20,21)22/h5-8H,4,9-10H2,1-3H3. The first kappa shape index (κ1) is 20.6. The highest BCUT2D eigenvalue weighted by Crippen LogP contribution is 2.23. The Kier molecular flexibility index (Phi) is 5.45. The van der Waals surface area contributed by atoms with Gasteiger partial charge in [0.1, 0.15) is 12.1 Å². The quantitative estimate of drug-likeness (QED) is 0.461. The molecule has 0 saturated heterocycles. The van der Waals surface area contributed by atoms with Crippen LogP contribution in [0.4, 0.5) is 13.2 Å². The zero-order valence-corrected chi connectivity index (χ0v) is 16.1. The summed E-state index contributed by atoms with van der Waals surface area (Å²) in [7, 11) is 0. The molecule has 10 heteroatoms. The van der Waals surface area contributed by atoms with Crippen LogP contribution in [0.25, 0.3) is 11.0 Å². The van der Waals surface area contributed by atoms with E-state index in [-0.39, 0.29) is 16.8 Å². The number of hydrogen-bond acceptors (Lipinski definition) is 5. The number of carbonyl (C=O) groups is 2. The smallest absolute Gasteiger partial charge is 0.406 e. The summed E-state index contributed by atoms with van der Waals surface area (Å²) in [4.78, 5) is 24.7. The lowest BCUT2D eigenvalue weighted by atomic mass is 10.1. The monoisotopic (exact) mass is 408 g/mol. The number of aromatic nitrogens is 4. The summed E-state index contributed by atoms with van der Waals surface area (Å²) in [6, 6.07) is 6.10. The molecule has 7 nitrogen and oxygen atoms in total. The summed E-state index contributed by atoms with van der Waals surface area (Å²) in [6.07, 6.45) is -4.40. The molecule has 0 unspecified atom stereocenters. The van der Waals surface area contributed by atoms with Crippen LogP contribution in [0.2, 0.25) is 0 Å². The number of esters is 1. The molecule has 0 fully saturated rings. The molecule has 154 valence electrons. The topological polar surface area (TPSA) is 79.0 Å². The number of ketones is 1. The molecule has 0 radical (unpaired) electrons. The van der Waals surface area contributed by atoms with Crippen molar-refractivity contribution < 1.29 is 27.5 Å². The molecule has 29 heavy (non-hydrogen) atoms. The van der Waals surface area contributed by atoms with Gasteiger partial charge in [0.05, 0.1) is 11.1 Å². The van der Waals surface area contributed by atoms with Crippen molar-refractivity contribution in [2.75, 3.05) is 6.61 Å². The Morgan fingerprint density at radius 1 is 1.17 bits per heavy atom. The second-order valence-electron chi connectivity index (χ2n) is 6.59. The van der Waals surface area contributed by atoms with Crippen LogP contribution in [-0.4, -0.2) is 44.1 Å². The molecule has 0 amide bonds. The Morgan fingerprint density at radius 3 is 2.55 bits per heavy atom. The highest BCUT2D eigenvalue weighted by Gasteiger charge is 2.30. The van der Waals surface area contributed by atoms with Crippen molar-refractivity contribution >= 4 is 22.8 Å². The number of ether oxygens (including phenoxy) is 1. The van der Waals surface area contributed by atoms with Gasteiger partial charge in [0.15, 0.2) is 6.61 Å². The number of halogens is 3. The van der Waals surface area contributed by atoms with Crippen LogP contribution in [0, 0.1) is 13.8 Å². The van der Waals surface area contributed by atoms with E-state index in [0.29, 0.717) is 17.8 Å². The Bertz CT molecular complexity index is 1080. The second-order valence-corrected chi connectivity index (χ2v) is 6.59. The lowest BCUT2D eigenvalue weighted by Crippen LogP contribution is -2.20. The van der Waals surface area contributed by atoms with E-state index in [9.17, 15) is 22.8 Å². The summed E-state index contributed by atoms with van der Waals surface area (Å²) in [6.45, 7) is 3.69. The number of carbonyl (C=O) groups excluding carboxylic acids is 2. The van der Waals surface area contributed by atoms with Crippen LogP contribution in [0.3, 0.4) is 0 Å². The Labute approximate surface area is 164 Å². The van der Waals surface area contributed by atoms with Gasteiger partial charge >= 0.3 is 12.1 Å². The van der Waals surface area contributed by atoms with Crippen molar-refractivity contribution in [3.8, 4) is 0 Å². The van der Waals surface area contributed by atoms with E-state index in [4.69, 9.17) is 4.74 Å². The van der Waals surface area contributed by atoms with Gasteiger partial charge < -0.3 is 9.30 Å². The van der Waals surface area contributed by atoms with Crippen LogP contribution in [-0.2, 0) is 17.8 Å². The Hall–Kier alpha value is -3.17. The van der Waals surface area contributed by atoms with Crippen LogP contribution >= 0.6 is 0 Å². The number of rotatable bonds is 6. The van der Waals surface area contributed by atoms with Crippen molar-refractivity contribution in [2.24, 2.45) is 0 Å². The SMILES string of the molecule is CCn1nnc2cc(C(=O)OCC(=O)c3cc(C)n(CC(F)(F)F)c3C)ccc21. The van der Waals surface area contributed by atoms with Crippen LogP contribution < -0.4 is 0 Å². The maximum absolute atomic E-state index is 12.7. The summed E-state index contributed by atoms with van der Waals surface area (Å²) in [5.41, 5.74) is 2.06. The molecule has 2 aromatic heterocycles. The number of aryl methyl sites for hydroxylation is 2. The van der Waals surface area contributed by atoms with Crippen molar-refractivity contribution in [3.05, 3.63) is 46.8 Å². The summed E-state index contributed by atoms with van der Waals surface area (Å²) in [5, 5.41) is 7.92. The molecule has 0 aliphatic heterocycles. The van der Waals surface area contributed by atoms with Gasteiger partial charge in [0.25, 0.3) is 0 Å². The molecule has 0 N–H and O–H groups in total. The average molecular weight is 408 g/mol. The summed E-state index contributed by atoms with van der Waals surface area (Å²) < 4.78 is 45.8. The van der Waals surface area contributed by atoms with Crippen LogP contribution in [0.1, 0.15) is 39.0 Å². The highest BCUT2D eigenvalue weighted by molar-refractivity contribution is 6.01. The van der Waals surface area contributed by atoms with E-state index in [2.05, 4.69) is 10.3 Å². The fourth-order valence-corrected chi connectivity index (χ4v) is 3.13. The number of benzene rings is 1. The molecule has 0 bridgehead atoms. The fraction of sp³-hybridized carbons (Fsp3) is 0.368. The zero-order valence-electron chi connectivity index (χ0n) is 16.1. The molecule has 2 heterocycles. The minimum absolute atomic E-state index is 0.0980. The van der Waals surface area contributed by atoms with Crippen molar-refractivity contribution in [1.29, 1.82) is 0 Å². The van der Waals surface area contributed by atoms with Crippen LogP contribution in [0.5, 0.6) is 0 Å². The molecule has 3 aromatic rings. The average Bonchev–Trinajstić information content (AvgIpc) is 3.20. The normalized spacial score (nSPS) is 11.8. The molecule has 3 rings (SSSR count). The first-order valence-electron chi connectivity index (χ1n) is 8.87. The van der Waals surface area contributed by atoms with Gasteiger partial charge in [-0.05, 0) is 45.0 Å². The van der Waals surface area contributed by atoms with Gasteiger partial charge in [-0.2, -0.15) is 13.2 Å². The number of hydrogen-bond donors (Lipinski definition) is 0. The van der Waals surface area contributed by atoms with Crippen molar-refractivity contribution in [1.82, 2.24) is 19.6 Å². The Morgan fingerprint density at radius 2 is 1.90 bits per heavy atom. The molecule has 1 aromatic carbocycles. The van der Waals surface area contributed by atoms with E-state index < -0.39 is 31.1 Å². The van der Waals surface area contributed by atoms with E-state index in [1.807, 2.05) is 6.92 Å². The summed E-state index contributed by atoms with van der Waals surface area (Å²) in [5.74, 6) is -1.30. The number of nitrogens with zero attached hydrogens (tertiary/aromatic N) is 4. The van der Waals surface area contributed by atoms with E-state index in [1.54, 1.807) is 16.8 Å². The minimum atomic E-state index is -4.40. The molecule has 0 saturated carbocycles. The van der Waals surface area contributed by atoms with Crippen molar-refractivity contribution in [3.63, 3.8) is 0 Å². The second kappa shape index (κ2) is 7.69. The summed E-state index contributed by atoms with van der Waals surface area (Å²) >= 11 is 0. The first-order chi connectivity index (χ1) is 13.6. The molecular weight excluding hydrogens is 389 g/mol. The maximum atomic E-state index is 12.7. The Balaban J connectivity index is 1.71. The van der Waals surface area contributed by atoms with Gasteiger partial charge in [0, 0.05) is 23.5 Å². The van der Waals surface area contributed by atoms with E-state index in [0.717, 1.165) is 10.1 Å². The molecule has 0 atom stereocenters. The van der Waals surface area contributed by atoms with Gasteiger partial charge in [-0.3, -0.25) is 4.79 Å². The number of fused-ring (bicyclic) bond motifs is 1. The predicted molar refractivity (Wildman–Crippen MR) is 97.8 cm³/mol. The van der Waals surface area contributed by atoms with E-state index >= 15 is 0 Å². The molecule has 0 aliphatic carbocycles. The third-order valence-corrected chi connectivity index (χ3v) is 4.59. The first-order valence-corrected chi connectivity index (χ1v) is 8.87. The van der Waals surface area contributed by atoms with Gasteiger partial charge in [0.2, 0.25) is 5.78 Å². The molecule has 0 spiro atoms. The molecule has 0 aliphatic rings. The fourth-order valence-electron chi connectivity index (χ4n) is 3.13. The third kappa shape index (κ3) is 4.30. The third-order valence-electron chi connectivity index (χ3n) is 4.59. The van der Waals surface area contributed by atoms with Crippen molar-refractivity contribution in [2.45, 2.75) is 40.0 Å². The maximum Gasteiger partial charge on any atom is 0.406 e. The van der Waals surface area contributed by atoms with Crippen LogP contribution in [0.15, 0.2) is 24.3 Å². The van der Waals surface area contributed by atoms with Gasteiger partial charge in [-0.1, -0.05) is 5.21 Å². The largest absolute Gasteiger partial charge is 0.454 e. The van der Waals surface area contributed by atoms with Gasteiger partial charge in [-0.25, -0.2) is 9.48 Å². The van der Waals surface area contributed by atoms with Gasteiger partial charge in [-0.15, -0.1) is 5.10 Å². The number of Topliss-reactive ketones (excluding diaryl/α,β-unsaturated/α-hetero) is 1. The molecular formula is C19H19F3N4O3. The number of alkyl halides is 3. The predicted octanol–water partition coefficient (Wildman–Crippen LogP) is 3.47. The lowest BCUT2D eigenvalue weighted by Gasteiger charge is -2.12. The zero-order chi connectivity index (χ0) is 21.3. The van der Waals surface area contributed by atoms with E-state index in [1.165, 1.54) is 26.0 Å². The lowest BCUT2D eigenvalue weighted by molar-refractivity contribution is -0.141. The highest BCUT2D eigenvalue weighted by atomic mass is 19.4. The minimum Gasteiger partial charge on any atom is -0.454 e.